The molecule has 0 aliphatic heterocycles. The molecule has 0 bridgehead atoms. The number of nitro groups is 1. The van der Waals surface area contributed by atoms with E-state index in [0.29, 0.717) is 57.6 Å². The number of phenols is 1. The van der Waals surface area contributed by atoms with E-state index in [1.54, 1.807) is 30.3 Å². The summed E-state index contributed by atoms with van der Waals surface area (Å²) in [6, 6.07) is 25.4. The second-order valence-corrected chi connectivity index (χ2v) is 13.1. The predicted molar refractivity (Wildman–Crippen MR) is 228 cm³/mol. The number of hydrogen-bond donors (Lipinski definition) is 3. The first kappa shape index (κ1) is 46.9. The topological polar surface area (TPSA) is 218 Å². The van der Waals surface area contributed by atoms with Crippen molar-refractivity contribution >= 4 is 77.9 Å². The van der Waals surface area contributed by atoms with Crippen LogP contribution < -0.4 is 19.1 Å². The molecule has 0 amide bonds. The van der Waals surface area contributed by atoms with Crippen LogP contribution in [0.25, 0.3) is 0 Å². The fourth-order valence-corrected chi connectivity index (χ4v) is 5.52. The van der Waals surface area contributed by atoms with Crippen LogP contribution >= 0.6 is 31.9 Å². The van der Waals surface area contributed by atoms with Crippen LogP contribution in [-0.2, 0) is 0 Å². The Bertz CT molecular complexity index is 2270. The number of benzene rings is 5. The number of nitro benzene ring substituents is 1. The molecule has 0 aromatic heterocycles. The van der Waals surface area contributed by atoms with Crippen LogP contribution in [0.3, 0.4) is 0 Å². The highest BCUT2D eigenvalue weighted by molar-refractivity contribution is 9.10. The zero-order valence-corrected chi connectivity index (χ0v) is 34.3. The Morgan fingerprint density at radius 3 is 1.69 bits per heavy atom. The van der Waals surface area contributed by atoms with Gasteiger partial charge in [0.1, 0.15) is 52.1 Å². The van der Waals surface area contributed by atoms with E-state index in [4.69, 9.17) is 25.8 Å². The van der Waals surface area contributed by atoms with E-state index in [9.17, 15) is 29.2 Å². The van der Waals surface area contributed by atoms with E-state index in [1.807, 2.05) is 31.2 Å². The smallest absolute Gasteiger partial charge is 0.339 e. The second-order valence-electron chi connectivity index (χ2n) is 11.2. The molecule has 3 N–H and O–H groups in total. The highest BCUT2D eigenvalue weighted by atomic mass is 79.9. The second kappa shape index (κ2) is 24.3. The molecule has 0 unspecified atom stereocenters. The Morgan fingerprint density at radius 2 is 1.25 bits per heavy atom. The summed E-state index contributed by atoms with van der Waals surface area (Å²) < 4.78 is 33.6. The highest BCUT2D eigenvalue weighted by Gasteiger charge is 2.14. The molecule has 0 heterocycles. The van der Waals surface area contributed by atoms with Gasteiger partial charge < -0.3 is 34.4 Å². The van der Waals surface area contributed by atoms with Crippen LogP contribution in [0, 0.1) is 10.1 Å². The van der Waals surface area contributed by atoms with Gasteiger partial charge in [0, 0.05) is 45.4 Å². The molecule has 5 rings (SSSR count). The van der Waals surface area contributed by atoms with Crippen molar-refractivity contribution in [1.29, 1.82) is 0 Å². The third kappa shape index (κ3) is 14.5. The van der Waals surface area contributed by atoms with Crippen LogP contribution in [0.15, 0.2) is 126 Å². The molecular formula is C40H41Br2FN6O10. The van der Waals surface area contributed by atoms with E-state index in [1.165, 1.54) is 56.7 Å². The summed E-state index contributed by atoms with van der Waals surface area (Å²) in [7, 11) is 1.98. The number of azo groups is 2. The van der Waals surface area contributed by atoms with E-state index in [-0.39, 0.29) is 36.6 Å². The molecule has 5 aromatic rings. The van der Waals surface area contributed by atoms with Crippen molar-refractivity contribution in [2.75, 3.05) is 46.0 Å². The van der Waals surface area contributed by atoms with E-state index < -0.39 is 24.0 Å². The van der Waals surface area contributed by atoms with Gasteiger partial charge in [0.2, 0.25) is 0 Å². The van der Waals surface area contributed by atoms with Crippen LogP contribution in [0.4, 0.5) is 38.5 Å². The van der Waals surface area contributed by atoms with E-state index in [2.05, 4.69) is 57.2 Å². The van der Waals surface area contributed by atoms with Crippen LogP contribution in [0.5, 0.6) is 23.0 Å². The fourth-order valence-electron chi connectivity index (χ4n) is 4.83. The number of ether oxygens (including phenoxy) is 3. The van der Waals surface area contributed by atoms with Gasteiger partial charge in [-0.25, -0.2) is 9.59 Å². The predicted octanol–water partition coefficient (Wildman–Crippen LogP) is 11.9. The number of likely N-dealkylation sites (N-methyl/N-ethyl adjacent to an activating group) is 1. The van der Waals surface area contributed by atoms with Crippen LogP contribution in [0.1, 0.15) is 36.4 Å². The minimum Gasteiger partial charge on any atom is -0.507 e. The van der Waals surface area contributed by atoms with Crippen molar-refractivity contribution in [1.82, 2.24) is 0 Å². The number of halogens is 3. The molecule has 0 spiro atoms. The number of nitrogens with zero attached hydrogens (tertiary/aromatic N) is 6. The third-order valence-corrected chi connectivity index (χ3v) is 8.65. The quantitative estimate of drug-likeness (QED) is 0.0509. The first-order chi connectivity index (χ1) is 28.2. The van der Waals surface area contributed by atoms with E-state index >= 15 is 0 Å². The molecule has 0 aliphatic rings. The first-order valence-electron chi connectivity index (χ1n) is 17.4. The van der Waals surface area contributed by atoms with Gasteiger partial charge in [0.05, 0.1) is 45.6 Å². The summed E-state index contributed by atoms with van der Waals surface area (Å²) in [6.07, 6.45) is 0. The molecule has 0 saturated carbocycles. The molecule has 0 atom stereocenters. The fraction of sp³-hybridized carbons (Fsp3) is 0.200. The monoisotopic (exact) mass is 943 g/mol. The number of non-ortho nitro benzene ring substituents is 1. The van der Waals surface area contributed by atoms with Gasteiger partial charge in [-0.05, 0) is 79.7 Å². The standard InChI is InChI=1S/C31H29BrN6O7.C7H5BrO3.CH3F.CH4/c1-4-37(15-16-45-28-17-20(32)5-14-25(28)31(39)40)23-10-6-21(7-11-23)33-35-26-18-30(44-3)27(19-29(26)43-2)36-34-22-8-12-24(13-9-22)38(41)42;8-4-1-2-5(7(10)11)6(9)3-4;1-2;/h5-14,17-19H,4,15-16H2,1-3H3,(H,39,40);1-3,9H,(H,10,11);1H3;1H4/i;;1D;. The zero-order valence-electron chi connectivity index (χ0n) is 32.1. The number of alkyl halides is 1. The van der Waals surface area contributed by atoms with Crippen molar-refractivity contribution in [3.63, 3.8) is 0 Å². The number of rotatable bonds is 15. The molecule has 0 fully saturated rings. The van der Waals surface area contributed by atoms with Gasteiger partial charge in [-0.3, -0.25) is 14.5 Å². The number of carboxylic acids is 2. The summed E-state index contributed by atoms with van der Waals surface area (Å²) in [5.74, 6) is -1.34. The number of aromatic carboxylic acids is 2. The molecule has 0 saturated heterocycles. The maximum Gasteiger partial charge on any atom is 0.339 e. The lowest BCUT2D eigenvalue weighted by Gasteiger charge is -2.23. The Morgan fingerprint density at radius 1 is 0.780 bits per heavy atom. The lowest BCUT2D eigenvalue weighted by atomic mass is 10.2. The number of aromatic hydroxyl groups is 1. The maximum atomic E-state index is 11.5. The van der Waals surface area contributed by atoms with Gasteiger partial charge in [-0.1, -0.05) is 39.3 Å². The highest BCUT2D eigenvalue weighted by Crippen LogP contribution is 2.41. The lowest BCUT2D eigenvalue weighted by molar-refractivity contribution is -0.384. The SMILES string of the molecule is C.CCN(CCOc1cc(Br)ccc1C(=O)O)c1ccc(N=Nc2cc(OC)c(N=Nc3ccc([N+](=O)[O-])cc3)cc2OC)cc1.O=C(O)c1ccc(Br)cc1O.[2H]CF. The van der Waals surface area contributed by atoms with Crippen molar-refractivity contribution in [3.05, 3.63) is 127 Å². The van der Waals surface area contributed by atoms with Gasteiger partial charge >= 0.3 is 11.9 Å². The molecule has 0 radical (unpaired) electrons. The largest absolute Gasteiger partial charge is 0.507 e. The molecule has 19 heteroatoms. The normalized spacial score (nSPS) is 10.6. The van der Waals surface area contributed by atoms with Gasteiger partial charge in [0.25, 0.3) is 5.69 Å². The third-order valence-electron chi connectivity index (χ3n) is 7.67. The summed E-state index contributed by atoms with van der Waals surface area (Å²) in [4.78, 5) is 34.3. The maximum absolute atomic E-state index is 11.5. The van der Waals surface area contributed by atoms with Crippen molar-refractivity contribution in [2.24, 2.45) is 20.5 Å². The molecule has 59 heavy (non-hydrogen) atoms. The van der Waals surface area contributed by atoms with Crippen molar-refractivity contribution < 1.29 is 49.8 Å². The van der Waals surface area contributed by atoms with Crippen LogP contribution in [0.2, 0.25) is 0 Å². The van der Waals surface area contributed by atoms with Crippen molar-refractivity contribution in [3.8, 4) is 23.0 Å². The average molecular weight is 946 g/mol. The minimum absolute atomic E-state index is 0. The molecular weight excluding hydrogens is 903 g/mol. The molecule has 312 valence electrons. The Kier molecular flexibility index (Phi) is 19.3. The van der Waals surface area contributed by atoms with Gasteiger partial charge in [-0.15, -0.1) is 10.2 Å². The molecule has 5 aromatic carbocycles. The molecule has 0 aliphatic carbocycles. The first-order valence-corrected chi connectivity index (χ1v) is 18.2. The molecule has 16 nitrogen and oxygen atoms in total. The number of carboxylic acid groups (broad SMARTS) is 2. The van der Waals surface area contributed by atoms with Crippen LogP contribution in [-0.4, -0.2) is 73.3 Å². The van der Waals surface area contributed by atoms with Crippen molar-refractivity contribution in [2.45, 2.75) is 14.4 Å². The Hall–Kier alpha value is -6.47. The Labute approximate surface area is 357 Å². The minimum atomic E-state index is -1.13. The summed E-state index contributed by atoms with van der Waals surface area (Å²) >= 11 is 6.44. The summed E-state index contributed by atoms with van der Waals surface area (Å²) in [5, 5.41) is 54.9. The summed E-state index contributed by atoms with van der Waals surface area (Å²) in [6.45, 7) is 3.55. The van der Waals surface area contributed by atoms with Gasteiger partial charge in [-0.2, -0.15) is 10.2 Å². The number of hydrogen-bond acceptors (Lipinski definition) is 13. The summed E-state index contributed by atoms with van der Waals surface area (Å²) in [5.41, 5.74) is 2.73. The lowest BCUT2D eigenvalue weighted by Crippen LogP contribution is -2.28. The Balaban J connectivity index is 0.000000703. The van der Waals surface area contributed by atoms with E-state index in [0.717, 1.165) is 10.2 Å². The number of carbonyl (C=O) groups is 2. The van der Waals surface area contributed by atoms with Gasteiger partial charge in [0.15, 0.2) is 0 Å². The number of anilines is 1. The zero-order chi connectivity index (χ0) is 43.5. The number of methoxy groups -OCH3 is 2. The average Bonchev–Trinajstić information content (AvgIpc) is 3.21.